The van der Waals surface area contributed by atoms with E-state index in [0.717, 1.165) is 5.56 Å². The number of fused-ring (bicyclic) bond motifs is 1. The zero-order chi connectivity index (χ0) is 19.2. The average molecular weight is 390 g/mol. The number of halogens is 1. The van der Waals surface area contributed by atoms with Crippen molar-refractivity contribution in [3.63, 3.8) is 0 Å². The van der Waals surface area contributed by atoms with E-state index in [9.17, 15) is 9.59 Å². The highest BCUT2D eigenvalue weighted by molar-refractivity contribution is 6.30. The van der Waals surface area contributed by atoms with Crippen LogP contribution < -0.4 is 14.8 Å². The number of carbonyl (C=O) groups is 2. The normalized spacial score (nSPS) is 15.3. The third-order valence-corrected chi connectivity index (χ3v) is 4.30. The molecule has 1 N–H and O–H groups in total. The number of hydrogen-bond acceptors (Lipinski definition) is 5. The molecule has 1 atom stereocenters. The first-order valence-corrected chi connectivity index (χ1v) is 9.04. The summed E-state index contributed by atoms with van der Waals surface area (Å²) in [5.74, 6) is -0.105. The van der Waals surface area contributed by atoms with Gasteiger partial charge in [-0.2, -0.15) is 0 Å². The summed E-state index contributed by atoms with van der Waals surface area (Å²) < 4.78 is 16.2. The monoisotopic (exact) mass is 389 g/mol. The van der Waals surface area contributed by atoms with Gasteiger partial charge in [0.15, 0.2) is 6.61 Å². The minimum atomic E-state index is -0.478. The van der Waals surface area contributed by atoms with Crippen molar-refractivity contribution in [3.8, 4) is 11.5 Å². The van der Waals surface area contributed by atoms with E-state index in [1.807, 2.05) is 13.0 Å². The number of carbonyl (C=O) groups excluding carboxylic acids is 2. The Morgan fingerprint density at radius 2 is 2.07 bits per heavy atom. The Balaban J connectivity index is 1.53. The highest BCUT2D eigenvalue weighted by atomic mass is 35.5. The summed E-state index contributed by atoms with van der Waals surface area (Å²) in [4.78, 5) is 24.4. The van der Waals surface area contributed by atoms with Gasteiger partial charge in [-0.05, 0) is 49.2 Å². The summed E-state index contributed by atoms with van der Waals surface area (Å²) in [7, 11) is 0. The summed E-state index contributed by atoms with van der Waals surface area (Å²) in [6.45, 7) is 2.17. The van der Waals surface area contributed by atoms with Gasteiger partial charge in [-0.3, -0.25) is 9.59 Å². The summed E-state index contributed by atoms with van der Waals surface area (Å²) >= 11 is 5.98. The van der Waals surface area contributed by atoms with E-state index in [1.165, 1.54) is 0 Å². The topological polar surface area (TPSA) is 73.9 Å². The fourth-order valence-electron chi connectivity index (χ4n) is 2.81. The van der Waals surface area contributed by atoms with Gasteiger partial charge in [0.05, 0.1) is 18.2 Å². The lowest BCUT2D eigenvalue weighted by Crippen LogP contribution is -2.32. The molecule has 0 aromatic heterocycles. The molecule has 0 bridgehead atoms. The predicted octanol–water partition coefficient (Wildman–Crippen LogP) is 3.47. The molecule has 0 saturated carbocycles. The first-order chi connectivity index (χ1) is 13.1. The lowest BCUT2D eigenvalue weighted by Gasteiger charge is -2.24. The van der Waals surface area contributed by atoms with Gasteiger partial charge in [0.25, 0.3) is 5.91 Å². The molecule has 7 heteroatoms. The van der Waals surface area contributed by atoms with Crippen molar-refractivity contribution < 1.29 is 23.8 Å². The minimum absolute atomic E-state index is 0.211. The van der Waals surface area contributed by atoms with Crippen LogP contribution >= 0.6 is 11.6 Å². The van der Waals surface area contributed by atoms with Crippen molar-refractivity contribution in [2.24, 2.45) is 5.92 Å². The lowest BCUT2D eigenvalue weighted by molar-refractivity contribution is -0.152. The van der Waals surface area contributed by atoms with Crippen LogP contribution in [0.3, 0.4) is 0 Å². The van der Waals surface area contributed by atoms with E-state index >= 15 is 0 Å². The van der Waals surface area contributed by atoms with Gasteiger partial charge in [-0.25, -0.2) is 0 Å². The lowest BCUT2D eigenvalue weighted by atomic mass is 9.97. The molecule has 0 unspecified atom stereocenters. The molecule has 142 valence electrons. The van der Waals surface area contributed by atoms with Crippen LogP contribution in [0.1, 0.15) is 12.5 Å². The van der Waals surface area contributed by atoms with Crippen LogP contribution in [0.25, 0.3) is 0 Å². The molecule has 0 saturated heterocycles. The highest BCUT2D eigenvalue weighted by Crippen LogP contribution is 2.30. The van der Waals surface area contributed by atoms with Crippen LogP contribution in [-0.4, -0.2) is 31.7 Å². The maximum absolute atomic E-state index is 12.3. The Morgan fingerprint density at radius 1 is 1.26 bits per heavy atom. The van der Waals surface area contributed by atoms with Crippen LogP contribution in [-0.2, 0) is 20.7 Å². The van der Waals surface area contributed by atoms with Crippen molar-refractivity contribution in [2.75, 3.05) is 25.1 Å². The van der Waals surface area contributed by atoms with Crippen molar-refractivity contribution in [3.05, 3.63) is 53.1 Å². The van der Waals surface area contributed by atoms with Gasteiger partial charge < -0.3 is 19.5 Å². The van der Waals surface area contributed by atoms with E-state index in [0.29, 0.717) is 35.2 Å². The molecule has 2 aromatic rings. The average Bonchev–Trinajstić information content (AvgIpc) is 2.67. The number of esters is 1. The first-order valence-electron chi connectivity index (χ1n) is 8.66. The Bertz CT molecular complexity index is 839. The Kier molecular flexibility index (Phi) is 6.19. The fourth-order valence-corrected chi connectivity index (χ4v) is 3.00. The van der Waals surface area contributed by atoms with Gasteiger partial charge in [-0.1, -0.05) is 23.7 Å². The number of benzene rings is 2. The Labute approximate surface area is 162 Å². The third kappa shape index (κ3) is 4.92. The van der Waals surface area contributed by atoms with Crippen LogP contribution in [0.2, 0.25) is 5.02 Å². The van der Waals surface area contributed by atoms with Gasteiger partial charge >= 0.3 is 5.97 Å². The number of para-hydroxylation sites is 2. The molecule has 0 aliphatic carbocycles. The summed E-state index contributed by atoms with van der Waals surface area (Å²) in [5.41, 5.74) is 1.38. The van der Waals surface area contributed by atoms with Gasteiger partial charge in [0.2, 0.25) is 0 Å². The van der Waals surface area contributed by atoms with Gasteiger partial charge in [-0.15, -0.1) is 0 Å². The van der Waals surface area contributed by atoms with E-state index in [4.69, 9.17) is 25.8 Å². The van der Waals surface area contributed by atoms with Crippen molar-refractivity contribution >= 4 is 29.2 Å². The van der Waals surface area contributed by atoms with Crippen molar-refractivity contribution in [1.82, 2.24) is 0 Å². The molecule has 1 heterocycles. The molecular formula is C20H20ClNO5. The molecule has 0 spiro atoms. The van der Waals surface area contributed by atoms with E-state index in [-0.39, 0.29) is 13.2 Å². The zero-order valence-electron chi connectivity index (χ0n) is 14.9. The fraction of sp³-hybridized carbons (Fsp3) is 0.300. The van der Waals surface area contributed by atoms with Gasteiger partial charge in [0.1, 0.15) is 18.1 Å². The summed E-state index contributed by atoms with van der Waals surface area (Å²) in [6, 6.07) is 12.4. The van der Waals surface area contributed by atoms with Crippen molar-refractivity contribution in [1.29, 1.82) is 0 Å². The Hall–Kier alpha value is -2.73. The van der Waals surface area contributed by atoms with Crippen LogP contribution in [0.5, 0.6) is 11.5 Å². The number of nitrogens with one attached hydrogen (secondary N) is 1. The van der Waals surface area contributed by atoms with Crippen molar-refractivity contribution in [2.45, 2.75) is 13.3 Å². The predicted molar refractivity (Wildman–Crippen MR) is 101 cm³/mol. The third-order valence-electron chi connectivity index (χ3n) is 4.07. The zero-order valence-corrected chi connectivity index (χ0v) is 15.6. The number of hydrogen-bond donors (Lipinski definition) is 1. The molecular weight excluding hydrogens is 370 g/mol. The second-order valence-corrected chi connectivity index (χ2v) is 6.49. The quantitative estimate of drug-likeness (QED) is 0.766. The molecule has 2 aromatic carbocycles. The largest absolute Gasteiger partial charge is 0.492 e. The molecule has 3 rings (SSSR count). The van der Waals surface area contributed by atoms with E-state index in [2.05, 4.69) is 5.32 Å². The molecule has 0 radical (unpaired) electrons. The maximum atomic E-state index is 12.3. The summed E-state index contributed by atoms with van der Waals surface area (Å²) in [6.07, 6.45) is 0.462. The van der Waals surface area contributed by atoms with E-state index < -0.39 is 17.8 Å². The smallest absolute Gasteiger partial charge is 0.313 e. The first kappa shape index (κ1) is 19.0. The SMILES string of the molecule is CCOc1ccccc1NC(=O)COC(=O)[C@@H]1COc2ccc(Cl)cc2C1. The van der Waals surface area contributed by atoms with E-state index in [1.54, 1.807) is 36.4 Å². The number of ether oxygens (including phenoxy) is 3. The maximum Gasteiger partial charge on any atom is 0.313 e. The minimum Gasteiger partial charge on any atom is -0.492 e. The highest BCUT2D eigenvalue weighted by Gasteiger charge is 2.28. The molecule has 27 heavy (non-hydrogen) atoms. The molecule has 1 amide bonds. The second kappa shape index (κ2) is 8.77. The number of anilines is 1. The van der Waals surface area contributed by atoms with Gasteiger partial charge in [0, 0.05) is 5.02 Å². The molecule has 0 fully saturated rings. The van der Waals surface area contributed by atoms with Crippen LogP contribution in [0.4, 0.5) is 5.69 Å². The molecule has 6 nitrogen and oxygen atoms in total. The van der Waals surface area contributed by atoms with Crippen LogP contribution in [0, 0.1) is 5.92 Å². The number of rotatable bonds is 6. The summed E-state index contributed by atoms with van der Waals surface area (Å²) in [5, 5.41) is 3.27. The number of amides is 1. The van der Waals surface area contributed by atoms with Crippen LogP contribution in [0.15, 0.2) is 42.5 Å². The molecule has 1 aliphatic heterocycles. The molecule has 1 aliphatic rings. The Morgan fingerprint density at radius 3 is 2.89 bits per heavy atom. The second-order valence-electron chi connectivity index (χ2n) is 6.05. The standard InChI is InChI=1S/C20H20ClNO5/c1-2-25-18-6-4-3-5-16(18)22-19(23)12-27-20(24)14-9-13-10-15(21)7-8-17(13)26-11-14/h3-8,10,14H,2,9,11-12H2,1H3,(H,22,23)/t14-/m0/s1.